The first-order valence-electron chi connectivity index (χ1n) is 5.24. The maximum Gasteiger partial charge on any atom is 0.333 e. The molecule has 1 unspecified atom stereocenters. The molecule has 92 valence electrons. The van der Waals surface area contributed by atoms with Crippen LogP contribution in [0.2, 0.25) is 0 Å². The van der Waals surface area contributed by atoms with Crippen LogP contribution >= 0.6 is 0 Å². The van der Waals surface area contributed by atoms with Crippen molar-refractivity contribution in [2.45, 2.75) is 20.0 Å². The van der Waals surface area contributed by atoms with Crippen LogP contribution < -0.4 is 0 Å². The lowest BCUT2D eigenvalue weighted by atomic mass is 10.3. The molecule has 0 aromatic rings. The number of carbonyl (C=O) groups is 1. The molecule has 4 nitrogen and oxygen atoms in total. The van der Waals surface area contributed by atoms with Crippen molar-refractivity contribution >= 4 is 5.97 Å². The van der Waals surface area contributed by atoms with E-state index in [1.807, 2.05) is 6.92 Å². The van der Waals surface area contributed by atoms with E-state index in [-0.39, 0.29) is 12.7 Å². The second-order valence-corrected chi connectivity index (χ2v) is 3.28. The summed E-state index contributed by atoms with van der Waals surface area (Å²) in [6, 6.07) is 0. The maximum atomic E-state index is 11.1. The Hall–Kier alpha value is -1.13. The van der Waals surface area contributed by atoms with Gasteiger partial charge in [0.05, 0.1) is 13.2 Å². The largest absolute Gasteiger partial charge is 0.459 e. The smallest absolute Gasteiger partial charge is 0.333 e. The molecule has 0 bridgehead atoms. The Balaban J connectivity index is 3.87. The molecule has 0 aliphatic carbocycles. The van der Waals surface area contributed by atoms with Crippen LogP contribution in [0.15, 0.2) is 24.8 Å². The quantitative estimate of drug-likeness (QED) is 0.261. The Morgan fingerprint density at radius 1 is 1.44 bits per heavy atom. The highest BCUT2D eigenvalue weighted by Gasteiger charge is 2.12. The Bertz CT molecular complexity index is 235. The molecular weight excluding hydrogens is 208 g/mol. The van der Waals surface area contributed by atoms with E-state index < -0.39 is 5.97 Å². The molecule has 0 radical (unpaired) electrons. The minimum atomic E-state index is -0.409. The number of hydrogen-bond acceptors (Lipinski definition) is 4. The van der Waals surface area contributed by atoms with E-state index in [2.05, 4.69) is 13.2 Å². The Morgan fingerprint density at radius 3 is 2.62 bits per heavy atom. The molecule has 0 spiro atoms. The van der Waals surface area contributed by atoms with Crippen molar-refractivity contribution in [3.05, 3.63) is 24.8 Å². The first kappa shape index (κ1) is 14.9. The highest BCUT2D eigenvalue weighted by molar-refractivity contribution is 5.86. The molecule has 0 N–H and O–H groups in total. The number of carbonyl (C=O) groups excluding carboxylic acids is 1. The minimum absolute atomic E-state index is 0.177. The molecule has 0 saturated heterocycles. The van der Waals surface area contributed by atoms with Crippen molar-refractivity contribution in [2.75, 3.05) is 26.4 Å². The summed E-state index contributed by atoms with van der Waals surface area (Å²) in [5.41, 5.74) is 0.377. The zero-order valence-electron chi connectivity index (χ0n) is 10.0. The van der Waals surface area contributed by atoms with Gasteiger partial charge in [0.2, 0.25) is 0 Å². The van der Waals surface area contributed by atoms with E-state index in [0.717, 1.165) is 0 Å². The van der Waals surface area contributed by atoms with Gasteiger partial charge in [-0.2, -0.15) is 0 Å². The van der Waals surface area contributed by atoms with Crippen LogP contribution in [0.25, 0.3) is 0 Å². The van der Waals surface area contributed by atoms with Crippen LogP contribution in [0.1, 0.15) is 13.8 Å². The molecule has 1 atom stereocenters. The van der Waals surface area contributed by atoms with E-state index in [1.165, 1.54) is 0 Å². The highest BCUT2D eigenvalue weighted by atomic mass is 16.6. The minimum Gasteiger partial charge on any atom is -0.459 e. The predicted octanol–water partition coefficient (Wildman–Crippen LogP) is 1.71. The molecule has 0 aromatic carbocycles. The van der Waals surface area contributed by atoms with Crippen LogP contribution in [0, 0.1) is 0 Å². The fourth-order valence-corrected chi connectivity index (χ4v) is 0.955. The van der Waals surface area contributed by atoms with E-state index in [1.54, 1.807) is 13.0 Å². The van der Waals surface area contributed by atoms with E-state index in [0.29, 0.717) is 25.4 Å². The summed E-state index contributed by atoms with van der Waals surface area (Å²) in [6.45, 7) is 12.1. The average Bonchev–Trinajstić information content (AvgIpc) is 2.25. The Morgan fingerprint density at radius 2 is 2.12 bits per heavy atom. The third-order valence-corrected chi connectivity index (χ3v) is 1.69. The normalized spacial score (nSPS) is 11.9. The summed E-state index contributed by atoms with van der Waals surface area (Å²) in [5.74, 6) is -0.409. The molecule has 0 amide bonds. The van der Waals surface area contributed by atoms with Gasteiger partial charge in [0.15, 0.2) is 0 Å². The molecule has 0 aromatic heterocycles. The Kier molecular flexibility index (Phi) is 8.48. The fourth-order valence-electron chi connectivity index (χ4n) is 0.955. The summed E-state index contributed by atoms with van der Waals surface area (Å²) in [7, 11) is 0. The van der Waals surface area contributed by atoms with Gasteiger partial charge >= 0.3 is 5.97 Å². The van der Waals surface area contributed by atoms with E-state index in [9.17, 15) is 4.79 Å². The van der Waals surface area contributed by atoms with Crippen LogP contribution in [-0.4, -0.2) is 38.5 Å². The lowest BCUT2D eigenvalue weighted by Gasteiger charge is -2.16. The van der Waals surface area contributed by atoms with Gasteiger partial charge in [-0.3, -0.25) is 0 Å². The second-order valence-electron chi connectivity index (χ2n) is 3.28. The van der Waals surface area contributed by atoms with Gasteiger partial charge in [0, 0.05) is 12.2 Å². The van der Waals surface area contributed by atoms with Crippen molar-refractivity contribution in [3.8, 4) is 0 Å². The summed E-state index contributed by atoms with van der Waals surface area (Å²) < 4.78 is 15.6. The molecule has 0 heterocycles. The molecule has 4 heteroatoms. The predicted molar refractivity (Wildman–Crippen MR) is 62.2 cm³/mol. The van der Waals surface area contributed by atoms with Crippen molar-refractivity contribution in [1.82, 2.24) is 0 Å². The molecular formula is C12H20O4. The third-order valence-electron chi connectivity index (χ3n) is 1.69. The zero-order valence-corrected chi connectivity index (χ0v) is 10.0. The standard InChI is InChI=1S/C12H20O4/c1-5-7-14-8-11(15-6-2)9-16-12(13)10(3)4/h5,11H,1,3,6-9H2,2,4H3. The van der Waals surface area contributed by atoms with Crippen LogP contribution in [0.5, 0.6) is 0 Å². The van der Waals surface area contributed by atoms with E-state index >= 15 is 0 Å². The van der Waals surface area contributed by atoms with Gasteiger partial charge in [0.1, 0.15) is 12.7 Å². The molecule has 0 aliphatic heterocycles. The zero-order chi connectivity index (χ0) is 12.4. The van der Waals surface area contributed by atoms with Crippen molar-refractivity contribution < 1.29 is 19.0 Å². The van der Waals surface area contributed by atoms with Gasteiger partial charge in [-0.15, -0.1) is 6.58 Å². The molecule has 0 aliphatic rings. The highest BCUT2D eigenvalue weighted by Crippen LogP contribution is 1.99. The molecule has 0 saturated carbocycles. The summed E-state index contributed by atoms with van der Waals surface area (Å²) in [4.78, 5) is 11.1. The Labute approximate surface area is 96.9 Å². The second kappa shape index (κ2) is 9.12. The molecule has 0 fully saturated rings. The van der Waals surface area contributed by atoms with Crippen LogP contribution in [-0.2, 0) is 19.0 Å². The van der Waals surface area contributed by atoms with Crippen molar-refractivity contribution in [3.63, 3.8) is 0 Å². The SMILES string of the molecule is C=CCOCC(COC(=O)C(=C)C)OCC. The van der Waals surface area contributed by atoms with Crippen LogP contribution in [0.3, 0.4) is 0 Å². The summed E-state index contributed by atoms with van der Waals surface area (Å²) >= 11 is 0. The first-order chi connectivity index (χ1) is 7.61. The topological polar surface area (TPSA) is 44.8 Å². The third kappa shape index (κ3) is 7.20. The molecule has 16 heavy (non-hydrogen) atoms. The average molecular weight is 228 g/mol. The van der Waals surface area contributed by atoms with Gasteiger partial charge in [-0.25, -0.2) is 4.79 Å². The van der Waals surface area contributed by atoms with Gasteiger partial charge in [-0.05, 0) is 13.8 Å². The molecule has 0 rings (SSSR count). The summed E-state index contributed by atoms with van der Waals surface area (Å²) in [6.07, 6.45) is 1.41. The van der Waals surface area contributed by atoms with Crippen molar-refractivity contribution in [2.24, 2.45) is 0 Å². The van der Waals surface area contributed by atoms with Gasteiger partial charge in [0.25, 0.3) is 0 Å². The maximum absolute atomic E-state index is 11.1. The lowest BCUT2D eigenvalue weighted by Crippen LogP contribution is -2.27. The first-order valence-corrected chi connectivity index (χ1v) is 5.24. The number of ether oxygens (including phenoxy) is 3. The number of hydrogen-bond donors (Lipinski definition) is 0. The van der Waals surface area contributed by atoms with Crippen LogP contribution in [0.4, 0.5) is 0 Å². The monoisotopic (exact) mass is 228 g/mol. The summed E-state index contributed by atoms with van der Waals surface area (Å²) in [5, 5.41) is 0. The van der Waals surface area contributed by atoms with Crippen molar-refractivity contribution in [1.29, 1.82) is 0 Å². The number of esters is 1. The number of rotatable bonds is 9. The lowest BCUT2D eigenvalue weighted by molar-refractivity contribution is -0.144. The van der Waals surface area contributed by atoms with Gasteiger partial charge < -0.3 is 14.2 Å². The van der Waals surface area contributed by atoms with Gasteiger partial charge in [-0.1, -0.05) is 12.7 Å². The fraction of sp³-hybridized carbons (Fsp3) is 0.583. The van der Waals surface area contributed by atoms with E-state index in [4.69, 9.17) is 14.2 Å².